The van der Waals surface area contributed by atoms with Gasteiger partial charge in [-0.1, -0.05) is 341 Å². The third-order valence-electron chi connectivity index (χ3n) is 27.4. The van der Waals surface area contributed by atoms with E-state index in [0.29, 0.717) is 44.5 Å². The lowest BCUT2D eigenvalue weighted by atomic mass is 9.66. The molecule has 15 rings (SSSR count). The van der Waals surface area contributed by atoms with E-state index < -0.39 is 16.2 Å². The molecule has 10 aromatic rings. The van der Waals surface area contributed by atoms with Crippen molar-refractivity contribution in [2.24, 2.45) is 0 Å². The number of ketones is 2. The smallest absolute Gasteiger partial charge is 0.194 e. The molecule has 121 heavy (non-hydrogen) atoms. The number of benzene rings is 8. The minimum absolute atomic E-state index is 0.0708. The van der Waals surface area contributed by atoms with Gasteiger partial charge in [-0.25, -0.2) is 0 Å². The van der Waals surface area contributed by atoms with Crippen LogP contribution in [0.25, 0.3) is 55.3 Å². The van der Waals surface area contributed by atoms with Gasteiger partial charge < -0.3 is 0 Å². The number of thiophene rings is 2. The maximum Gasteiger partial charge on any atom is 0.194 e. The molecule has 0 radical (unpaired) electrons. The maximum absolute atomic E-state index is 15.1. The molecule has 0 N–H and O–H groups in total. The van der Waals surface area contributed by atoms with Crippen molar-refractivity contribution in [2.75, 3.05) is 0 Å². The van der Waals surface area contributed by atoms with E-state index >= 15 is 9.59 Å². The van der Waals surface area contributed by atoms with Crippen LogP contribution in [0.4, 0.5) is 0 Å². The number of unbranched alkanes of at least 4 members (excludes halogenated alkanes) is 22. The van der Waals surface area contributed by atoms with Crippen molar-refractivity contribution in [1.29, 1.82) is 21.0 Å². The number of nitrogens with zero attached hydrogens (tertiary/aromatic N) is 4. The van der Waals surface area contributed by atoms with Crippen LogP contribution in [-0.4, -0.2) is 11.6 Å². The molecular formula is C113H118N4O2S2. The minimum Gasteiger partial charge on any atom is -0.289 e. The van der Waals surface area contributed by atoms with E-state index in [0.717, 1.165) is 99.6 Å². The van der Waals surface area contributed by atoms with E-state index in [-0.39, 0.29) is 22.7 Å². The van der Waals surface area contributed by atoms with Crippen LogP contribution in [0.3, 0.4) is 0 Å². The van der Waals surface area contributed by atoms with Gasteiger partial charge in [0.1, 0.15) is 35.4 Å². The lowest BCUT2D eigenvalue weighted by molar-refractivity contribution is 0.103. The molecule has 0 saturated heterocycles. The highest BCUT2D eigenvalue weighted by Crippen LogP contribution is 2.67. The predicted molar refractivity (Wildman–Crippen MR) is 504 cm³/mol. The molecule has 0 bridgehead atoms. The molecule has 0 amide bonds. The van der Waals surface area contributed by atoms with Gasteiger partial charge in [0.05, 0.1) is 10.8 Å². The first-order valence-corrected chi connectivity index (χ1v) is 47.9. The summed E-state index contributed by atoms with van der Waals surface area (Å²) in [5.74, 6) is -0.367. The van der Waals surface area contributed by atoms with Gasteiger partial charge in [-0.15, -0.1) is 22.7 Å². The van der Waals surface area contributed by atoms with E-state index in [4.69, 9.17) is 0 Å². The van der Waals surface area contributed by atoms with Crippen LogP contribution >= 0.6 is 22.7 Å². The van der Waals surface area contributed by atoms with Crippen LogP contribution in [0, 0.1) is 45.3 Å². The largest absolute Gasteiger partial charge is 0.289 e. The van der Waals surface area contributed by atoms with Crippen LogP contribution in [0.1, 0.15) is 354 Å². The maximum atomic E-state index is 15.1. The second-order valence-electron chi connectivity index (χ2n) is 35.1. The first-order chi connectivity index (χ1) is 59.4. The molecule has 2 heterocycles. The topological polar surface area (TPSA) is 129 Å². The van der Waals surface area contributed by atoms with Crippen molar-refractivity contribution in [2.45, 2.75) is 276 Å². The van der Waals surface area contributed by atoms with Crippen LogP contribution in [-0.2, 0) is 41.9 Å². The van der Waals surface area contributed by atoms with E-state index in [1.54, 1.807) is 22.7 Å². The number of carbonyl (C=O) groups excluding carboxylic acids is 2. The average molecular weight is 1630 g/mol. The number of hydrogen-bond acceptors (Lipinski definition) is 8. The summed E-state index contributed by atoms with van der Waals surface area (Å²) in [6.45, 7) is 13.8. The Morgan fingerprint density at radius 2 is 0.570 bits per heavy atom. The van der Waals surface area contributed by atoms with Gasteiger partial charge in [-0.3, -0.25) is 9.59 Å². The highest BCUT2D eigenvalue weighted by molar-refractivity contribution is 7.17. The van der Waals surface area contributed by atoms with E-state index in [1.165, 1.54) is 238 Å². The van der Waals surface area contributed by atoms with Gasteiger partial charge in [-0.05, 0) is 224 Å². The summed E-state index contributed by atoms with van der Waals surface area (Å²) in [6.07, 6.45) is 42.8. The molecule has 8 aromatic carbocycles. The quantitative estimate of drug-likeness (QED) is 0.0214. The standard InChI is InChI=1S/C113H118N4O2S2/c1-7-13-19-25-27-37-63-111(64-38-28-26-20-14-8-2)99-71-95-101(112(83-55-47-77(48-56-83)39-29-21-15-9-3,84-57-49-78(50-58-84)40-30-22-16-10-4)103-67-87(120-109(95)103)65-97-105(81(73-114)74-115)89-43-33-35-45-91(89)107(97)118)69-93(99)94-70-102-96(72-100(94)111)110-104(68-88(121-110)66-98-106(82(75-116)76-117)90-44-34-36-46-92(90)108(98)119)113(102,85-59-51-79(52-60-85)41-31-23-17-11-5)86-61-53-80(54-62-86)42-32-24-18-12-6/h33-36,43-62,65-72H,7-32,37-42,63-64H2,1-6H3/b97-65-,98-66-. The van der Waals surface area contributed by atoms with Gasteiger partial charge in [-0.2, -0.15) is 21.0 Å². The Morgan fingerprint density at radius 3 is 0.868 bits per heavy atom. The molecule has 0 aliphatic heterocycles. The van der Waals surface area contributed by atoms with Crippen molar-refractivity contribution >= 4 is 57.5 Å². The van der Waals surface area contributed by atoms with Crippen LogP contribution in [0.5, 0.6) is 0 Å². The molecule has 5 aliphatic carbocycles. The zero-order valence-corrected chi connectivity index (χ0v) is 74.1. The number of rotatable bonds is 40. The van der Waals surface area contributed by atoms with Crippen molar-refractivity contribution in [3.8, 4) is 56.3 Å². The van der Waals surface area contributed by atoms with Gasteiger partial charge in [0.15, 0.2) is 11.6 Å². The summed E-state index contributed by atoms with van der Waals surface area (Å²) in [5.41, 5.74) is 24.2. The Balaban J connectivity index is 1.04. The fourth-order valence-corrected chi connectivity index (χ4v) is 23.5. The zero-order valence-electron chi connectivity index (χ0n) is 72.4. The first kappa shape index (κ1) is 85.4. The second kappa shape index (κ2) is 39.1. The molecule has 0 saturated carbocycles. The third-order valence-corrected chi connectivity index (χ3v) is 29.6. The minimum atomic E-state index is -0.852. The predicted octanol–water partition coefficient (Wildman–Crippen LogP) is 31.0. The number of fused-ring (bicyclic) bond motifs is 11. The van der Waals surface area contributed by atoms with Gasteiger partial charge >= 0.3 is 0 Å². The van der Waals surface area contributed by atoms with Gasteiger partial charge in [0, 0.05) is 58.3 Å². The second-order valence-corrected chi connectivity index (χ2v) is 37.3. The lowest BCUT2D eigenvalue weighted by Crippen LogP contribution is -2.29. The Kier molecular flexibility index (Phi) is 27.6. The molecule has 8 heteroatoms. The number of carbonyl (C=O) groups is 2. The van der Waals surface area contributed by atoms with E-state index in [9.17, 15) is 21.0 Å². The summed E-state index contributed by atoms with van der Waals surface area (Å²) in [5, 5.41) is 42.9. The SMILES string of the molecule is CCCCCCCCC1(CCCCCCCC)c2cc3c(cc2-c2cc4c(cc21)-c1sc(/C=C2\C(=O)c5ccccc5C2=C(C#N)C#N)cc1C4(c1ccc(CCCCCC)cc1)c1ccc(CCCCCC)cc1)C(c1ccc(CCCCCC)cc1)(c1ccc(CCCCCC)cc1)c1cc(/C=C2\C(=O)c4ccccc4C2=C(C#N)C#N)sc1-3. The third kappa shape index (κ3) is 16.4. The fourth-order valence-electron chi connectivity index (χ4n) is 21.1. The normalized spacial score (nSPS) is 15.0. The first-order valence-electron chi connectivity index (χ1n) is 46.3. The zero-order chi connectivity index (χ0) is 84.0. The van der Waals surface area contributed by atoms with Crippen molar-refractivity contribution in [1.82, 2.24) is 0 Å². The number of allylic oxidation sites excluding steroid dienone is 6. The molecular weight excluding hydrogens is 1510 g/mol. The molecule has 6 nitrogen and oxygen atoms in total. The van der Waals surface area contributed by atoms with Crippen molar-refractivity contribution < 1.29 is 9.59 Å². The molecule has 0 unspecified atom stereocenters. The fraction of sp³-hybridized carbons (Fsp3) is 0.381. The number of hydrogen-bond donors (Lipinski definition) is 0. The van der Waals surface area contributed by atoms with E-state index in [2.05, 4.69) is 199 Å². The monoisotopic (exact) mass is 1630 g/mol. The van der Waals surface area contributed by atoms with E-state index in [1.807, 2.05) is 60.7 Å². The Labute approximate surface area is 729 Å². The number of nitriles is 4. The van der Waals surface area contributed by atoms with Crippen LogP contribution in [0.15, 0.2) is 204 Å². The summed E-state index contributed by atoms with van der Waals surface area (Å²) < 4.78 is 0. The molecule has 614 valence electrons. The van der Waals surface area contributed by atoms with Crippen LogP contribution in [0.2, 0.25) is 0 Å². The highest BCUT2D eigenvalue weighted by atomic mass is 32.1. The Hall–Kier alpha value is -10.6. The number of aryl methyl sites for hydroxylation is 4. The van der Waals surface area contributed by atoms with Crippen LogP contribution < -0.4 is 0 Å². The summed E-state index contributed by atoms with van der Waals surface area (Å²) in [4.78, 5) is 34.3. The highest BCUT2D eigenvalue weighted by Gasteiger charge is 2.54. The molecule has 0 fully saturated rings. The summed E-state index contributed by atoms with van der Waals surface area (Å²) in [6, 6.07) is 78.0. The average Bonchev–Trinajstić information content (AvgIpc) is 1.50. The Morgan fingerprint density at radius 1 is 0.298 bits per heavy atom. The number of Topliss-reactive ketones (excluding diaryl/α,β-unsaturated/α-hetero) is 2. The Bertz CT molecular complexity index is 5280. The van der Waals surface area contributed by atoms with Gasteiger partial charge in [0.2, 0.25) is 0 Å². The molecule has 0 atom stereocenters. The molecule has 5 aliphatic rings. The van der Waals surface area contributed by atoms with Gasteiger partial charge in [0.25, 0.3) is 0 Å². The van der Waals surface area contributed by atoms with Crippen molar-refractivity contribution in [3.63, 3.8) is 0 Å². The summed E-state index contributed by atoms with van der Waals surface area (Å²) >= 11 is 3.47. The van der Waals surface area contributed by atoms with Crippen molar-refractivity contribution in [3.05, 3.63) is 314 Å². The molecule has 2 aromatic heterocycles. The molecule has 0 spiro atoms. The lowest BCUT2D eigenvalue weighted by Gasteiger charge is -2.36. The summed E-state index contributed by atoms with van der Waals surface area (Å²) in [7, 11) is 0.